The number of carbonyl (C=O) groups is 1. The van der Waals surface area contributed by atoms with Crippen LogP contribution in [0.2, 0.25) is 0 Å². The van der Waals surface area contributed by atoms with Crippen LogP contribution in [0.3, 0.4) is 0 Å². The van der Waals surface area contributed by atoms with Gasteiger partial charge in [0.1, 0.15) is 16.9 Å². The zero-order valence-electron chi connectivity index (χ0n) is 14.6. The molecule has 0 spiro atoms. The molecule has 0 bridgehead atoms. The van der Waals surface area contributed by atoms with E-state index in [0.29, 0.717) is 43.2 Å². The van der Waals surface area contributed by atoms with Crippen LogP contribution in [-0.4, -0.2) is 32.6 Å². The number of fused-ring (bicyclic) bond motifs is 1. The van der Waals surface area contributed by atoms with E-state index in [1.165, 1.54) is 23.5 Å². The van der Waals surface area contributed by atoms with Gasteiger partial charge in [-0.05, 0) is 34.0 Å². The summed E-state index contributed by atoms with van der Waals surface area (Å²) in [4.78, 5) is 14.4. The molecule has 6 heteroatoms. The average Bonchev–Trinajstić information content (AvgIpc) is 3.06. The number of thiophene rings is 1. The lowest BCUT2D eigenvalue weighted by Gasteiger charge is -2.27. The van der Waals surface area contributed by atoms with E-state index < -0.39 is 0 Å². The van der Waals surface area contributed by atoms with Crippen molar-refractivity contribution in [3.63, 3.8) is 0 Å². The molecule has 3 aromatic rings. The van der Waals surface area contributed by atoms with Gasteiger partial charge in [0.25, 0.3) is 0 Å². The molecular weight excluding hydrogens is 363 g/mol. The van der Waals surface area contributed by atoms with Gasteiger partial charge in [-0.2, -0.15) is 5.26 Å². The van der Waals surface area contributed by atoms with Crippen molar-refractivity contribution < 1.29 is 13.9 Å². The molecule has 0 saturated carbocycles. The van der Waals surface area contributed by atoms with E-state index >= 15 is 0 Å². The number of nitriles is 1. The number of hydrogen-bond donors (Lipinski definition) is 0. The molecule has 2 heterocycles. The lowest BCUT2D eigenvalue weighted by molar-refractivity contribution is 0.112. The summed E-state index contributed by atoms with van der Waals surface area (Å²) < 4.78 is 18.8. The van der Waals surface area contributed by atoms with Crippen molar-refractivity contribution in [3.05, 3.63) is 63.8 Å². The molecule has 0 atom stereocenters. The van der Waals surface area contributed by atoms with Crippen molar-refractivity contribution in [2.75, 3.05) is 31.2 Å². The van der Waals surface area contributed by atoms with Crippen LogP contribution in [0.1, 0.15) is 26.4 Å². The van der Waals surface area contributed by atoms with Crippen molar-refractivity contribution in [2.24, 2.45) is 0 Å². The fraction of sp³-hybridized carbons (Fsp3) is 0.238. The minimum absolute atomic E-state index is 0.266. The first-order valence-corrected chi connectivity index (χ1v) is 9.53. The van der Waals surface area contributed by atoms with E-state index in [2.05, 4.69) is 11.0 Å². The van der Waals surface area contributed by atoms with Gasteiger partial charge in [-0.15, -0.1) is 11.3 Å². The molecule has 1 aromatic heterocycles. The average molecular weight is 380 g/mol. The van der Waals surface area contributed by atoms with E-state index in [9.17, 15) is 14.4 Å². The number of hydrogen-bond acceptors (Lipinski definition) is 5. The smallest absolute Gasteiger partial charge is 0.160 e. The number of carbonyl (C=O) groups excluding carboxylic acids is 1. The highest BCUT2D eigenvalue weighted by Crippen LogP contribution is 2.37. The van der Waals surface area contributed by atoms with Gasteiger partial charge < -0.3 is 9.64 Å². The molecule has 1 fully saturated rings. The minimum Gasteiger partial charge on any atom is -0.378 e. The fourth-order valence-electron chi connectivity index (χ4n) is 3.42. The van der Waals surface area contributed by atoms with Gasteiger partial charge in [-0.3, -0.25) is 4.79 Å². The standard InChI is InChI=1S/C21H17FN2O2S/c22-17-4-3-15-9-14(1-2-16(15)11-17)10-18-19(12-23)21(27-20(18)13-25)24-5-7-26-8-6-24/h1-4,9,11,13H,5-8,10H2. The molecule has 0 radical (unpaired) electrons. The molecule has 2 aromatic carbocycles. The molecule has 0 unspecified atom stereocenters. The molecule has 1 aliphatic rings. The maximum absolute atomic E-state index is 13.4. The highest BCUT2D eigenvalue weighted by Gasteiger charge is 2.23. The third-order valence-corrected chi connectivity index (χ3v) is 6.00. The van der Waals surface area contributed by atoms with Crippen LogP contribution in [0.25, 0.3) is 10.8 Å². The van der Waals surface area contributed by atoms with Gasteiger partial charge in [0.15, 0.2) is 6.29 Å². The molecule has 136 valence electrons. The molecule has 0 N–H and O–H groups in total. The fourth-order valence-corrected chi connectivity index (χ4v) is 4.56. The first-order chi connectivity index (χ1) is 13.2. The summed E-state index contributed by atoms with van der Waals surface area (Å²) >= 11 is 1.37. The van der Waals surface area contributed by atoms with E-state index in [1.54, 1.807) is 6.07 Å². The molecular formula is C21H17FN2O2S. The minimum atomic E-state index is -0.266. The quantitative estimate of drug-likeness (QED) is 0.638. The number of aldehydes is 1. The summed E-state index contributed by atoms with van der Waals surface area (Å²) in [5, 5.41) is 12.4. The van der Waals surface area contributed by atoms with E-state index in [0.717, 1.165) is 33.2 Å². The molecule has 4 nitrogen and oxygen atoms in total. The summed E-state index contributed by atoms with van der Waals surface area (Å²) in [6.07, 6.45) is 1.33. The summed E-state index contributed by atoms with van der Waals surface area (Å²) in [5.41, 5.74) is 2.32. The largest absolute Gasteiger partial charge is 0.378 e. The van der Waals surface area contributed by atoms with Crippen LogP contribution in [-0.2, 0) is 11.2 Å². The SMILES string of the molecule is N#Cc1c(N2CCOCC2)sc(C=O)c1Cc1ccc2cc(F)ccc2c1. The second kappa shape index (κ2) is 7.47. The number of benzene rings is 2. The number of ether oxygens (including phenoxy) is 1. The van der Waals surface area contributed by atoms with E-state index in [4.69, 9.17) is 4.74 Å². The highest BCUT2D eigenvalue weighted by molar-refractivity contribution is 7.18. The second-order valence-electron chi connectivity index (χ2n) is 6.46. The Bertz CT molecular complexity index is 1050. The maximum atomic E-state index is 13.4. The second-order valence-corrected chi connectivity index (χ2v) is 7.49. The lowest BCUT2D eigenvalue weighted by Crippen LogP contribution is -2.36. The van der Waals surface area contributed by atoms with Crippen LogP contribution in [0.5, 0.6) is 0 Å². The molecule has 4 rings (SSSR count). The third kappa shape index (κ3) is 3.44. The topological polar surface area (TPSA) is 53.3 Å². The first kappa shape index (κ1) is 17.7. The summed E-state index contributed by atoms with van der Waals surface area (Å²) in [6, 6.07) is 12.8. The Morgan fingerprint density at radius 1 is 1.19 bits per heavy atom. The Morgan fingerprint density at radius 2 is 1.93 bits per heavy atom. The van der Waals surface area contributed by atoms with Crippen molar-refractivity contribution in [1.82, 2.24) is 0 Å². The van der Waals surface area contributed by atoms with Gasteiger partial charge in [0.2, 0.25) is 0 Å². The summed E-state index contributed by atoms with van der Waals surface area (Å²) in [7, 11) is 0. The van der Waals surface area contributed by atoms with Gasteiger partial charge in [0, 0.05) is 19.5 Å². The number of rotatable bonds is 4. The summed E-state index contributed by atoms with van der Waals surface area (Å²) in [6.45, 7) is 2.68. The Hall–Kier alpha value is -2.75. The lowest BCUT2D eigenvalue weighted by atomic mass is 9.99. The van der Waals surface area contributed by atoms with Gasteiger partial charge in [-0.25, -0.2) is 4.39 Å². The molecule has 1 aliphatic heterocycles. The first-order valence-electron chi connectivity index (χ1n) is 8.71. The van der Waals surface area contributed by atoms with Crippen LogP contribution < -0.4 is 4.90 Å². The molecule has 0 aliphatic carbocycles. The van der Waals surface area contributed by atoms with Crippen LogP contribution in [0, 0.1) is 17.1 Å². The van der Waals surface area contributed by atoms with Crippen LogP contribution >= 0.6 is 11.3 Å². The van der Waals surface area contributed by atoms with Gasteiger partial charge >= 0.3 is 0 Å². The molecule has 0 amide bonds. The third-order valence-electron chi connectivity index (χ3n) is 4.78. The van der Waals surface area contributed by atoms with Crippen molar-refractivity contribution in [3.8, 4) is 6.07 Å². The maximum Gasteiger partial charge on any atom is 0.160 e. The van der Waals surface area contributed by atoms with Crippen molar-refractivity contribution >= 4 is 33.4 Å². The van der Waals surface area contributed by atoms with Crippen LogP contribution in [0.4, 0.5) is 9.39 Å². The zero-order valence-corrected chi connectivity index (χ0v) is 15.4. The predicted molar refractivity (Wildman–Crippen MR) is 104 cm³/mol. The zero-order chi connectivity index (χ0) is 18.8. The normalized spacial score (nSPS) is 14.3. The Kier molecular flexibility index (Phi) is 4.88. The highest BCUT2D eigenvalue weighted by atomic mass is 32.1. The van der Waals surface area contributed by atoms with Crippen LogP contribution in [0.15, 0.2) is 36.4 Å². The van der Waals surface area contributed by atoms with E-state index in [-0.39, 0.29) is 5.82 Å². The van der Waals surface area contributed by atoms with Crippen molar-refractivity contribution in [2.45, 2.75) is 6.42 Å². The number of anilines is 1. The van der Waals surface area contributed by atoms with Gasteiger partial charge in [-0.1, -0.05) is 24.3 Å². The predicted octanol–water partition coefficient (Wildman–Crippen LogP) is 4.15. The molecule has 1 saturated heterocycles. The number of nitrogens with zero attached hydrogens (tertiary/aromatic N) is 2. The van der Waals surface area contributed by atoms with Gasteiger partial charge in [0.05, 0.1) is 23.7 Å². The molecule has 27 heavy (non-hydrogen) atoms. The Morgan fingerprint density at radius 3 is 2.67 bits per heavy atom. The monoisotopic (exact) mass is 380 g/mol. The Balaban J connectivity index is 1.72. The Labute approximate surface area is 160 Å². The summed E-state index contributed by atoms with van der Waals surface area (Å²) in [5.74, 6) is -0.266. The van der Waals surface area contributed by atoms with Crippen molar-refractivity contribution in [1.29, 1.82) is 5.26 Å². The number of halogens is 1. The van der Waals surface area contributed by atoms with E-state index in [1.807, 2.05) is 18.2 Å². The number of morpholine rings is 1.